The Kier molecular flexibility index (Phi) is 5.54. The van der Waals surface area contributed by atoms with Gasteiger partial charge in [0.2, 0.25) is 0 Å². The van der Waals surface area contributed by atoms with Gasteiger partial charge in [0.25, 0.3) is 5.91 Å². The minimum atomic E-state index is -2.95. The number of aromatic hydroxyl groups is 1. The lowest BCUT2D eigenvalue weighted by Gasteiger charge is -2.10. The van der Waals surface area contributed by atoms with E-state index in [1.807, 2.05) is 0 Å². The third-order valence-corrected chi connectivity index (χ3v) is 4.07. The predicted molar refractivity (Wildman–Crippen MR) is 87.0 cm³/mol. The first-order valence-electron chi connectivity index (χ1n) is 6.97. The van der Waals surface area contributed by atoms with E-state index in [1.165, 1.54) is 30.3 Å². The molecule has 126 valence electrons. The second-order valence-electron chi connectivity index (χ2n) is 4.97. The van der Waals surface area contributed by atoms with Gasteiger partial charge in [-0.15, -0.1) is 0 Å². The smallest absolute Gasteiger partial charge is 0.303 e. The quantitative estimate of drug-likeness (QED) is 0.588. The van der Waals surface area contributed by atoms with Gasteiger partial charge in [0.15, 0.2) is 10.7 Å². The maximum Gasteiger partial charge on any atom is 0.303 e. The summed E-state index contributed by atoms with van der Waals surface area (Å²) in [4.78, 5) is 22.8. The molecule has 0 fully saturated rings. The lowest BCUT2D eigenvalue weighted by atomic mass is 10.1. The molecule has 0 heterocycles. The van der Waals surface area contributed by atoms with Gasteiger partial charge in [0, 0.05) is 6.42 Å². The molecule has 24 heavy (non-hydrogen) atoms. The molecule has 0 saturated carbocycles. The first kappa shape index (κ1) is 17.5. The number of benzene rings is 2. The van der Waals surface area contributed by atoms with Crippen molar-refractivity contribution in [2.45, 2.75) is 17.7 Å². The number of amides is 1. The van der Waals surface area contributed by atoms with E-state index in [1.54, 1.807) is 12.1 Å². The van der Waals surface area contributed by atoms with Gasteiger partial charge in [0.1, 0.15) is 5.75 Å². The maximum atomic E-state index is 12.2. The highest BCUT2D eigenvalue weighted by molar-refractivity contribution is 7.72. The zero-order valence-electron chi connectivity index (χ0n) is 12.4. The molecule has 0 aliphatic carbocycles. The number of hydrogen-bond donors (Lipinski definition) is 4. The van der Waals surface area contributed by atoms with E-state index in [0.29, 0.717) is 5.56 Å². The van der Waals surface area contributed by atoms with Crippen LogP contribution in [-0.2, 0) is 21.9 Å². The fraction of sp³-hybridized carbons (Fsp3) is 0.125. The highest BCUT2D eigenvalue weighted by atomic mass is 32.2. The molecule has 2 aromatic rings. The molecule has 0 aliphatic heterocycles. The van der Waals surface area contributed by atoms with Gasteiger partial charge >= 0.3 is 5.97 Å². The first-order chi connectivity index (χ1) is 11.4. The van der Waals surface area contributed by atoms with Crippen LogP contribution in [0.2, 0.25) is 0 Å². The molecule has 7 nitrogen and oxygen atoms in total. The van der Waals surface area contributed by atoms with Crippen molar-refractivity contribution >= 4 is 28.3 Å². The second-order valence-corrected chi connectivity index (χ2v) is 5.97. The number of aryl methyl sites for hydroxylation is 1. The molecule has 0 bridgehead atoms. The van der Waals surface area contributed by atoms with Crippen molar-refractivity contribution in [2.24, 2.45) is 0 Å². The summed E-state index contributed by atoms with van der Waals surface area (Å²) in [5.74, 6) is -1.87. The van der Waals surface area contributed by atoms with Crippen LogP contribution in [0.25, 0.3) is 0 Å². The van der Waals surface area contributed by atoms with Crippen LogP contribution in [0.15, 0.2) is 47.4 Å². The predicted octanol–water partition coefficient (Wildman–Crippen LogP) is 1.63. The fourth-order valence-corrected chi connectivity index (χ4v) is 2.62. The molecule has 0 unspecified atom stereocenters. The first-order valence-corrected chi connectivity index (χ1v) is 8.14. The number of thiol groups is 1. The SMILES string of the molecule is O=C(O)CCc1ccc([SH](=O)=O)c(NC(=O)c2ccccc2O)c1. The van der Waals surface area contributed by atoms with Crippen LogP contribution in [0.5, 0.6) is 5.75 Å². The molecular weight excluding hydrogens is 334 g/mol. The Balaban J connectivity index is 2.32. The average Bonchev–Trinajstić information content (AvgIpc) is 2.53. The number of phenols is 1. The molecule has 0 atom stereocenters. The zero-order chi connectivity index (χ0) is 17.7. The van der Waals surface area contributed by atoms with Gasteiger partial charge in [-0.2, -0.15) is 0 Å². The topological polar surface area (TPSA) is 121 Å². The highest BCUT2D eigenvalue weighted by Crippen LogP contribution is 2.23. The molecule has 8 heteroatoms. The molecule has 3 N–H and O–H groups in total. The number of para-hydroxylation sites is 1. The van der Waals surface area contributed by atoms with Crippen molar-refractivity contribution < 1.29 is 28.2 Å². The standard InChI is InChI=1S/C16H15NO6S/c18-13-4-2-1-3-11(13)16(21)17-12-9-10(6-8-15(19)20)5-7-14(12)24(22)23/h1-5,7,9,18,24H,6,8H2,(H,17,21)(H,19,20). The molecule has 0 saturated heterocycles. The van der Waals surface area contributed by atoms with Gasteiger partial charge < -0.3 is 15.5 Å². The van der Waals surface area contributed by atoms with Gasteiger partial charge in [0.05, 0.1) is 16.1 Å². The van der Waals surface area contributed by atoms with Crippen LogP contribution in [0, 0.1) is 0 Å². The second kappa shape index (κ2) is 7.60. The monoisotopic (exact) mass is 349 g/mol. The molecule has 1 amide bonds. The maximum absolute atomic E-state index is 12.2. The van der Waals surface area contributed by atoms with E-state index in [9.17, 15) is 23.1 Å². The van der Waals surface area contributed by atoms with E-state index in [4.69, 9.17) is 5.11 Å². The zero-order valence-corrected chi connectivity index (χ0v) is 13.3. The number of carboxylic acids is 1. The Labute approximate surface area is 139 Å². The van der Waals surface area contributed by atoms with Crippen LogP contribution in [0.4, 0.5) is 5.69 Å². The van der Waals surface area contributed by atoms with Crippen LogP contribution in [0.1, 0.15) is 22.3 Å². The molecule has 0 aliphatic rings. The lowest BCUT2D eigenvalue weighted by Crippen LogP contribution is -2.13. The Morgan fingerprint density at radius 2 is 1.79 bits per heavy atom. The largest absolute Gasteiger partial charge is 0.507 e. The van der Waals surface area contributed by atoms with Crippen LogP contribution < -0.4 is 5.32 Å². The summed E-state index contributed by atoms with van der Waals surface area (Å²) in [6, 6.07) is 10.1. The summed E-state index contributed by atoms with van der Waals surface area (Å²) in [6.45, 7) is 0. The minimum absolute atomic E-state index is 0.000477. The third kappa shape index (κ3) is 4.32. The summed E-state index contributed by atoms with van der Waals surface area (Å²) in [5.41, 5.74) is 0.619. The van der Waals surface area contributed by atoms with Crippen molar-refractivity contribution in [3.05, 3.63) is 53.6 Å². The van der Waals surface area contributed by atoms with E-state index < -0.39 is 22.6 Å². The highest BCUT2D eigenvalue weighted by Gasteiger charge is 2.14. The number of aliphatic carboxylic acids is 1. The molecular formula is C16H15NO6S. The molecule has 2 rings (SSSR count). The van der Waals surface area contributed by atoms with Gasteiger partial charge in [-0.3, -0.25) is 9.59 Å². The Bertz CT molecular complexity index is 851. The molecule has 0 radical (unpaired) electrons. The number of anilines is 1. The number of phenolic OH excluding ortho intramolecular Hbond substituents is 1. The summed E-state index contributed by atoms with van der Waals surface area (Å²) >= 11 is 0. The Morgan fingerprint density at radius 3 is 2.42 bits per heavy atom. The average molecular weight is 349 g/mol. The third-order valence-electron chi connectivity index (χ3n) is 3.28. The number of rotatable bonds is 6. The van der Waals surface area contributed by atoms with E-state index in [2.05, 4.69) is 5.32 Å². The summed E-state index contributed by atoms with van der Waals surface area (Å²) in [5, 5.41) is 20.9. The minimum Gasteiger partial charge on any atom is -0.507 e. The van der Waals surface area contributed by atoms with Crippen LogP contribution in [0.3, 0.4) is 0 Å². The van der Waals surface area contributed by atoms with Crippen LogP contribution in [-0.4, -0.2) is 30.5 Å². The summed E-state index contributed by atoms with van der Waals surface area (Å²) in [7, 11) is -2.95. The normalized spacial score (nSPS) is 10.5. The van der Waals surface area contributed by atoms with Crippen molar-refractivity contribution in [2.75, 3.05) is 5.32 Å². The van der Waals surface area contributed by atoms with Crippen LogP contribution >= 0.6 is 0 Å². The van der Waals surface area contributed by atoms with Gasteiger partial charge in [-0.1, -0.05) is 18.2 Å². The van der Waals surface area contributed by atoms with Crippen molar-refractivity contribution in [3.63, 3.8) is 0 Å². The molecule has 0 aromatic heterocycles. The molecule has 2 aromatic carbocycles. The van der Waals surface area contributed by atoms with Gasteiger partial charge in [-0.05, 0) is 36.2 Å². The van der Waals surface area contributed by atoms with Crippen molar-refractivity contribution in [3.8, 4) is 5.75 Å². The number of nitrogens with one attached hydrogen (secondary N) is 1. The fourth-order valence-electron chi connectivity index (χ4n) is 2.10. The van der Waals surface area contributed by atoms with Crippen molar-refractivity contribution in [1.82, 2.24) is 0 Å². The Morgan fingerprint density at radius 1 is 1.08 bits per heavy atom. The summed E-state index contributed by atoms with van der Waals surface area (Å²) in [6.07, 6.45) is 0.0838. The van der Waals surface area contributed by atoms with E-state index >= 15 is 0 Å². The number of carboxylic acid groups (broad SMARTS) is 1. The van der Waals surface area contributed by atoms with E-state index in [0.717, 1.165) is 0 Å². The van der Waals surface area contributed by atoms with Gasteiger partial charge in [-0.25, -0.2) is 8.42 Å². The number of hydrogen-bond acceptors (Lipinski definition) is 5. The number of carbonyl (C=O) groups is 2. The molecule has 0 spiro atoms. The summed E-state index contributed by atoms with van der Waals surface area (Å²) < 4.78 is 22.7. The van der Waals surface area contributed by atoms with E-state index in [-0.39, 0.29) is 34.7 Å². The van der Waals surface area contributed by atoms with Crippen molar-refractivity contribution in [1.29, 1.82) is 0 Å². The number of carbonyl (C=O) groups excluding carboxylic acids is 1. The lowest BCUT2D eigenvalue weighted by molar-refractivity contribution is -0.136. The Hall–Kier alpha value is -2.87.